The molecule has 1 N–H and O–H groups in total. The van der Waals surface area contributed by atoms with Gasteiger partial charge in [-0.25, -0.2) is 0 Å². The van der Waals surface area contributed by atoms with Crippen LogP contribution in [0.25, 0.3) is 0 Å². The molecule has 8 heteroatoms. The van der Waals surface area contributed by atoms with Gasteiger partial charge in [-0.2, -0.15) is 0 Å². The zero-order chi connectivity index (χ0) is 43.3. The van der Waals surface area contributed by atoms with Crippen LogP contribution in [0.3, 0.4) is 0 Å². The van der Waals surface area contributed by atoms with Crippen LogP contribution in [0, 0.1) is 0 Å². The fourth-order valence-corrected chi connectivity index (χ4v) is 7.81. The van der Waals surface area contributed by atoms with Gasteiger partial charge in [-0.05, 0) is 28.7 Å². The van der Waals surface area contributed by atoms with E-state index < -0.39 is 36.6 Å². The van der Waals surface area contributed by atoms with E-state index in [4.69, 9.17) is 28.4 Å². The van der Waals surface area contributed by atoms with Crippen LogP contribution < -0.4 is 0 Å². The van der Waals surface area contributed by atoms with Crippen molar-refractivity contribution in [1.82, 2.24) is 0 Å². The topological polar surface area (TPSA) is 92.7 Å². The molecule has 5 rings (SSSR count). The van der Waals surface area contributed by atoms with Crippen LogP contribution in [0.5, 0.6) is 0 Å². The Bertz CT molecular complexity index is 1740. The molecule has 62 heavy (non-hydrogen) atoms. The van der Waals surface area contributed by atoms with Crippen molar-refractivity contribution in [2.45, 2.75) is 160 Å². The molecular weight excluding hydrogens is 777 g/mol. The lowest BCUT2D eigenvalue weighted by Gasteiger charge is -2.45. The molecule has 0 spiro atoms. The van der Waals surface area contributed by atoms with E-state index in [1.54, 1.807) is 12.2 Å². The van der Waals surface area contributed by atoms with Crippen LogP contribution in [0.15, 0.2) is 133 Å². The summed E-state index contributed by atoms with van der Waals surface area (Å²) in [6.45, 7) is 3.73. The molecule has 1 heterocycles. The van der Waals surface area contributed by atoms with Crippen LogP contribution in [0.4, 0.5) is 0 Å². The summed E-state index contributed by atoms with van der Waals surface area (Å²) in [5.41, 5.74) is 4.09. The lowest BCUT2D eigenvalue weighted by atomic mass is 9.93. The third kappa shape index (κ3) is 19.1. The maximum Gasteiger partial charge on any atom is 0.305 e. The minimum atomic E-state index is -1.03. The molecule has 0 bridgehead atoms. The van der Waals surface area contributed by atoms with Gasteiger partial charge in [0.2, 0.25) is 0 Å². The third-order valence-electron chi connectivity index (χ3n) is 11.3. The number of aliphatic hydroxyl groups excluding tert-OH is 1. The average molecular weight is 849 g/mol. The quantitative estimate of drug-likeness (QED) is 0.0304. The number of esters is 1. The van der Waals surface area contributed by atoms with Gasteiger partial charge in [-0.15, -0.1) is 0 Å². The van der Waals surface area contributed by atoms with Crippen molar-refractivity contribution in [3.63, 3.8) is 0 Å². The van der Waals surface area contributed by atoms with Crippen molar-refractivity contribution in [2.75, 3.05) is 13.2 Å². The first-order valence-corrected chi connectivity index (χ1v) is 23.3. The van der Waals surface area contributed by atoms with Crippen LogP contribution in [0.1, 0.15) is 119 Å². The number of aliphatic hydroxyl groups is 1. The van der Waals surface area contributed by atoms with Crippen molar-refractivity contribution in [1.29, 1.82) is 0 Å². The molecule has 0 saturated carbocycles. The number of ether oxygens (including phenoxy) is 6. The van der Waals surface area contributed by atoms with Gasteiger partial charge in [-0.1, -0.05) is 217 Å². The van der Waals surface area contributed by atoms with Crippen molar-refractivity contribution in [2.24, 2.45) is 0 Å². The lowest BCUT2D eigenvalue weighted by Crippen LogP contribution is -2.60. The largest absolute Gasteiger partial charge is 0.463 e. The zero-order valence-corrected chi connectivity index (χ0v) is 37.1. The van der Waals surface area contributed by atoms with Gasteiger partial charge in [0.25, 0.3) is 0 Å². The zero-order valence-electron chi connectivity index (χ0n) is 37.1. The molecule has 8 nitrogen and oxygen atoms in total. The molecule has 336 valence electrons. The summed E-state index contributed by atoms with van der Waals surface area (Å²) < 4.78 is 39.0. The number of carbonyl (C=O) groups excluding carboxylic acids is 1. The first kappa shape index (κ1) is 48.9. The molecule has 0 aromatic heterocycles. The lowest BCUT2D eigenvalue weighted by molar-refractivity contribution is -0.263. The molecule has 0 radical (unpaired) electrons. The summed E-state index contributed by atoms with van der Waals surface area (Å²) in [7, 11) is 0. The molecule has 0 aliphatic carbocycles. The number of carbonyl (C=O) groups is 1. The predicted octanol–water partition coefficient (Wildman–Crippen LogP) is 11.7. The van der Waals surface area contributed by atoms with E-state index in [0.29, 0.717) is 32.8 Å². The molecule has 0 amide bonds. The fourth-order valence-electron chi connectivity index (χ4n) is 7.81. The van der Waals surface area contributed by atoms with Gasteiger partial charge in [0.05, 0.1) is 33.0 Å². The molecular formula is C54H72O8. The van der Waals surface area contributed by atoms with Crippen LogP contribution in [-0.4, -0.2) is 60.9 Å². The Morgan fingerprint density at radius 3 is 1.47 bits per heavy atom. The van der Waals surface area contributed by atoms with Gasteiger partial charge < -0.3 is 33.5 Å². The van der Waals surface area contributed by atoms with Gasteiger partial charge in [-0.3, -0.25) is 4.79 Å². The molecule has 6 atom stereocenters. The highest BCUT2D eigenvalue weighted by molar-refractivity contribution is 5.69. The Balaban J connectivity index is 1.22. The van der Waals surface area contributed by atoms with Crippen LogP contribution in [-0.2, 0) is 59.6 Å². The predicted molar refractivity (Wildman–Crippen MR) is 246 cm³/mol. The van der Waals surface area contributed by atoms with E-state index in [1.807, 2.05) is 121 Å². The maximum atomic E-state index is 12.7. The summed E-state index contributed by atoms with van der Waals surface area (Å²) >= 11 is 0. The summed E-state index contributed by atoms with van der Waals surface area (Å²) in [6, 6.07) is 40.1. The normalized spacial score (nSPS) is 19.4. The highest BCUT2D eigenvalue weighted by atomic mass is 16.6. The Kier molecular flexibility index (Phi) is 23.7. The number of hydrogen-bond donors (Lipinski definition) is 1. The minimum Gasteiger partial charge on any atom is -0.463 e. The van der Waals surface area contributed by atoms with Gasteiger partial charge in [0.1, 0.15) is 43.2 Å². The van der Waals surface area contributed by atoms with E-state index in [9.17, 15) is 9.90 Å². The SMILES string of the molecule is CCCCCCCCCCCCCCCC(=O)OC[C@@H](O)/C=C/[C@H]1O[C@H](COCc2ccccc2)[C@H](OCc2ccccc2)[C@H](OCc2ccccc2)[C@H]1OCc1ccccc1. The Morgan fingerprint density at radius 1 is 0.565 bits per heavy atom. The minimum absolute atomic E-state index is 0.142. The summed E-state index contributed by atoms with van der Waals surface area (Å²) in [5.74, 6) is -0.290. The van der Waals surface area contributed by atoms with Crippen molar-refractivity contribution in [3.8, 4) is 0 Å². The standard InChI is InChI=1S/C54H72O8/c1-2-3-4-5-6-7-8-9-10-11-12-13-26-35-51(56)58-42-48(55)36-37-49-52(59-39-45-29-20-15-21-30-45)54(61-41-47-33-24-17-25-34-47)53(60-40-46-31-22-16-23-32-46)50(62-49)43-57-38-44-27-18-14-19-28-44/h14-25,27-34,36-37,48-50,52-55H,2-13,26,35,38-43H2,1H3/b37-36+/t48-,49+,50+,52-,53-,54+/m0/s1. The van der Waals surface area contributed by atoms with E-state index in [1.165, 1.54) is 64.2 Å². The molecule has 1 saturated heterocycles. The molecule has 1 aliphatic heterocycles. The molecule has 4 aromatic carbocycles. The molecule has 4 aromatic rings. The number of benzene rings is 4. The van der Waals surface area contributed by atoms with Crippen LogP contribution >= 0.6 is 0 Å². The summed E-state index contributed by atoms with van der Waals surface area (Å²) in [5, 5.41) is 11.1. The Labute approximate surface area is 371 Å². The van der Waals surface area contributed by atoms with E-state index in [-0.39, 0.29) is 19.2 Å². The highest BCUT2D eigenvalue weighted by Gasteiger charge is 2.47. The number of hydrogen-bond acceptors (Lipinski definition) is 8. The summed E-state index contributed by atoms with van der Waals surface area (Å²) in [6.07, 6.45) is 15.9. The maximum absolute atomic E-state index is 12.7. The molecule has 1 fully saturated rings. The third-order valence-corrected chi connectivity index (χ3v) is 11.3. The monoisotopic (exact) mass is 849 g/mol. The van der Waals surface area contributed by atoms with Gasteiger partial charge >= 0.3 is 5.97 Å². The van der Waals surface area contributed by atoms with Crippen molar-refractivity contribution in [3.05, 3.63) is 156 Å². The van der Waals surface area contributed by atoms with E-state index in [0.717, 1.165) is 41.5 Å². The first-order chi connectivity index (χ1) is 30.6. The highest BCUT2D eigenvalue weighted by Crippen LogP contribution is 2.32. The smallest absolute Gasteiger partial charge is 0.305 e. The Hall–Kier alpha value is -4.15. The first-order valence-electron chi connectivity index (χ1n) is 23.3. The summed E-state index contributed by atoms with van der Waals surface area (Å²) in [4.78, 5) is 12.7. The average Bonchev–Trinajstić information content (AvgIpc) is 3.31. The second kappa shape index (κ2) is 30.0. The van der Waals surface area contributed by atoms with Crippen LogP contribution in [0.2, 0.25) is 0 Å². The second-order valence-corrected chi connectivity index (χ2v) is 16.6. The van der Waals surface area contributed by atoms with E-state index >= 15 is 0 Å². The number of unbranched alkanes of at least 4 members (excludes halogenated alkanes) is 12. The van der Waals surface area contributed by atoms with Crippen molar-refractivity contribution >= 4 is 5.97 Å². The number of rotatable bonds is 31. The Morgan fingerprint density at radius 2 is 0.984 bits per heavy atom. The van der Waals surface area contributed by atoms with Gasteiger partial charge in [0.15, 0.2) is 0 Å². The van der Waals surface area contributed by atoms with Crippen molar-refractivity contribution < 1.29 is 38.3 Å². The van der Waals surface area contributed by atoms with E-state index in [2.05, 4.69) is 6.92 Å². The molecule has 1 aliphatic rings. The fraction of sp³-hybridized carbons (Fsp3) is 0.500. The molecule has 0 unspecified atom stereocenters. The van der Waals surface area contributed by atoms with Gasteiger partial charge in [0, 0.05) is 6.42 Å². The second-order valence-electron chi connectivity index (χ2n) is 16.6.